The number of nitrogens with one attached hydrogen (secondary N) is 1. The van der Waals surface area contributed by atoms with E-state index in [0.29, 0.717) is 17.9 Å². The molecule has 1 aromatic rings. The third-order valence-corrected chi connectivity index (χ3v) is 5.75. The Kier molecular flexibility index (Phi) is 4.99. The molecule has 0 amide bonds. The van der Waals surface area contributed by atoms with Crippen molar-refractivity contribution in [2.75, 3.05) is 6.54 Å². The van der Waals surface area contributed by atoms with Crippen LogP contribution in [-0.4, -0.2) is 26.8 Å². The molecule has 0 heterocycles. The maximum atomic E-state index is 12.5. The van der Waals surface area contributed by atoms with Gasteiger partial charge in [-0.25, -0.2) is 8.42 Å². The molecule has 0 aliphatic heterocycles. The minimum atomic E-state index is -4.49. The van der Waals surface area contributed by atoms with E-state index >= 15 is 0 Å². The van der Waals surface area contributed by atoms with E-state index in [1.807, 2.05) is 0 Å². The molecule has 3 nitrogen and oxygen atoms in total. The van der Waals surface area contributed by atoms with E-state index in [1.54, 1.807) is 12.1 Å². The quantitative estimate of drug-likeness (QED) is 0.876. The molecule has 0 spiro atoms. The zero-order valence-electron chi connectivity index (χ0n) is 12.2. The fourth-order valence-corrected chi connectivity index (χ4v) is 3.89. The SMILES string of the molecule is CCNC1CC(c2ccc(S(=O)(=O)C(F)F)cc2)C1CC. The lowest BCUT2D eigenvalue weighted by molar-refractivity contribution is 0.163. The van der Waals surface area contributed by atoms with Gasteiger partial charge < -0.3 is 5.32 Å². The number of hydrogen-bond donors (Lipinski definition) is 1. The summed E-state index contributed by atoms with van der Waals surface area (Å²) in [6, 6.07) is 6.43. The molecule has 0 aromatic heterocycles. The average molecular weight is 317 g/mol. The van der Waals surface area contributed by atoms with Crippen molar-refractivity contribution in [3.8, 4) is 0 Å². The Morgan fingerprint density at radius 2 is 1.86 bits per heavy atom. The smallest absolute Gasteiger partial charge is 0.314 e. The Hall–Kier alpha value is -1.01. The molecule has 0 bridgehead atoms. The fourth-order valence-electron chi connectivity index (χ4n) is 3.16. The highest BCUT2D eigenvalue weighted by Crippen LogP contribution is 2.44. The highest BCUT2D eigenvalue weighted by Gasteiger charge is 2.39. The van der Waals surface area contributed by atoms with Crippen LogP contribution in [0.5, 0.6) is 0 Å². The molecule has 1 N–H and O–H groups in total. The number of hydrogen-bond acceptors (Lipinski definition) is 3. The summed E-state index contributed by atoms with van der Waals surface area (Å²) in [6.07, 6.45) is 2.05. The lowest BCUT2D eigenvalue weighted by Gasteiger charge is -2.45. The van der Waals surface area contributed by atoms with Crippen LogP contribution in [0.4, 0.5) is 8.78 Å². The third kappa shape index (κ3) is 3.11. The third-order valence-electron chi connectivity index (χ3n) is 4.35. The molecule has 0 saturated heterocycles. The van der Waals surface area contributed by atoms with E-state index < -0.39 is 15.6 Å². The summed E-state index contributed by atoms with van der Waals surface area (Å²) >= 11 is 0. The van der Waals surface area contributed by atoms with Crippen molar-refractivity contribution >= 4 is 9.84 Å². The van der Waals surface area contributed by atoms with Crippen LogP contribution in [0, 0.1) is 5.92 Å². The summed E-state index contributed by atoms with van der Waals surface area (Å²) in [4.78, 5) is -0.308. The lowest BCUT2D eigenvalue weighted by atomic mass is 9.65. The second-order valence-corrected chi connectivity index (χ2v) is 7.37. The zero-order valence-corrected chi connectivity index (χ0v) is 13.0. The molecule has 2 rings (SSSR count). The number of benzene rings is 1. The van der Waals surface area contributed by atoms with Crippen LogP contribution in [0.15, 0.2) is 29.2 Å². The van der Waals surface area contributed by atoms with Gasteiger partial charge in [0, 0.05) is 6.04 Å². The average Bonchev–Trinajstić information content (AvgIpc) is 2.43. The van der Waals surface area contributed by atoms with E-state index in [2.05, 4.69) is 19.2 Å². The van der Waals surface area contributed by atoms with Crippen molar-refractivity contribution in [1.82, 2.24) is 5.32 Å². The van der Waals surface area contributed by atoms with Crippen molar-refractivity contribution in [3.05, 3.63) is 29.8 Å². The molecular formula is C15H21F2NO2S. The summed E-state index contributed by atoms with van der Waals surface area (Å²) in [5, 5.41) is 3.44. The largest absolute Gasteiger partial charge is 0.341 e. The van der Waals surface area contributed by atoms with Crippen molar-refractivity contribution in [3.63, 3.8) is 0 Å². The second-order valence-electron chi connectivity index (χ2n) is 5.45. The first-order valence-corrected chi connectivity index (χ1v) is 8.81. The Balaban J connectivity index is 2.14. The van der Waals surface area contributed by atoms with Gasteiger partial charge in [0.15, 0.2) is 0 Å². The Morgan fingerprint density at radius 3 is 2.33 bits per heavy atom. The van der Waals surface area contributed by atoms with Crippen LogP contribution < -0.4 is 5.32 Å². The Labute approximate surface area is 124 Å². The van der Waals surface area contributed by atoms with Crippen LogP contribution in [0.2, 0.25) is 0 Å². The van der Waals surface area contributed by atoms with Crippen LogP contribution in [0.25, 0.3) is 0 Å². The first-order valence-electron chi connectivity index (χ1n) is 7.27. The van der Waals surface area contributed by atoms with Gasteiger partial charge in [0.1, 0.15) is 0 Å². The van der Waals surface area contributed by atoms with E-state index in [0.717, 1.165) is 24.9 Å². The normalized spacial score (nSPS) is 25.9. The van der Waals surface area contributed by atoms with Gasteiger partial charge in [-0.2, -0.15) is 8.78 Å². The first kappa shape index (κ1) is 16.4. The Morgan fingerprint density at radius 1 is 1.24 bits per heavy atom. The maximum Gasteiger partial charge on any atom is 0.341 e. The van der Waals surface area contributed by atoms with Gasteiger partial charge >= 0.3 is 5.76 Å². The van der Waals surface area contributed by atoms with Crippen LogP contribution >= 0.6 is 0 Å². The predicted octanol–water partition coefficient (Wildman–Crippen LogP) is 3.17. The van der Waals surface area contributed by atoms with Crippen molar-refractivity contribution in [2.24, 2.45) is 5.92 Å². The lowest BCUT2D eigenvalue weighted by Crippen LogP contribution is -2.48. The van der Waals surface area contributed by atoms with Crippen molar-refractivity contribution < 1.29 is 17.2 Å². The van der Waals surface area contributed by atoms with Gasteiger partial charge in [0.25, 0.3) is 0 Å². The van der Waals surface area contributed by atoms with Crippen molar-refractivity contribution in [1.29, 1.82) is 0 Å². The molecule has 1 aromatic carbocycles. The summed E-state index contributed by atoms with van der Waals surface area (Å²) in [5.41, 5.74) is 1.03. The molecular weight excluding hydrogens is 296 g/mol. The minimum Gasteiger partial charge on any atom is -0.314 e. The van der Waals surface area contributed by atoms with Crippen molar-refractivity contribution in [2.45, 2.75) is 49.3 Å². The molecule has 1 fully saturated rings. The maximum absolute atomic E-state index is 12.5. The number of halogens is 2. The van der Waals surface area contributed by atoms with Crippen LogP contribution in [0.1, 0.15) is 38.2 Å². The highest BCUT2D eigenvalue weighted by atomic mass is 32.2. The molecule has 118 valence electrons. The summed E-state index contributed by atoms with van der Waals surface area (Å²) in [6.45, 7) is 5.14. The van der Waals surface area contributed by atoms with E-state index in [-0.39, 0.29) is 4.90 Å². The minimum absolute atomic E-state index is 0.308. The monoisotopic (exact) mass is 317 g/mol. The van der Waals surface area contributed by atoms with Gasteiger partial charge in [-0.15, -0.1) is 0 Å². The van der Waals surface area contributed by atoms with E-state index in [9.17, 15) is 17.2 Å². The molecule has 3 atom stereocenters. The first-order chi connectivity index (χ1) is 9.91. The van der Waals surface area contributed by atoms with Gasteiger partial charge in [-0.3, -0.25) is 0 Å². The second kappa shape index (κ2) is 6.40. The van der Waals surface area contributed by atoms with Gasteiger partial charge in [-0.05, 0) is 42.5 Å². The zero-order chi connectivity index (χ0) is 15.6. The van der Waals surface area contributed by atoms with Gasteiger partial charge in [-0.1, -0.05) is 32.4 Å². The summed E-state index contributed by atoms with van der Waals surface area (Å²) in [7, 11) is -4.49. The topological polar surface area (TPSA) is 46.2 Å². The molecule has 6 heteroatoms. The van der Waals surface area contributed by atoms with Crippen LogP contribution in [-0.2, 0) is 9.84 Å². The van der Waals surface area contributed by atoms with E-state index in [1.165, 1.54) is 12.1 Å². The van der Waals surface area contributed by atoms with E-state index in [4.69, 9.17) is 0 Å². The number of sulfone groups is 1. The number of rotatable bonds is 6. The molecule has 1 aliphatic rings. The Bertz CT molecular complexity index is 572. The number of alkyl halides is 2. The molecule has 0 radical (unpaired) electrons. The predicted molar refractivity (Wildman–Crippen MR) is 78.2 cm³/mol. The van der Waals surface area contributed by atoms with Gasteiger partial charge in [0.05, 0.1) is 4.90 Å². The van der Waals surface area contributed by atoms with Crippen LogP contribution in [0.3, 0.4) is 0 Å². The summed E-state index contributed by atoms with van der Waals surface area (Å²) in [5.74, 6) is -2.47. The summed E-state index contributed by atoms with van der Waals surface area (Å²) < 4.78 is 47.8. The van der Waals surface area contributed by atoms with Gasteiger partial charge in [0.2, 0.25) is 9.84 Å². The molecule has 1 saturated carbocycles. The fraction of sp³-hybridized carbons (Fsp3) is 0.600. The molecule has 3 unspecified atom stereocenters. The standard InChI is InChI=1S/C15H21F2NO2S/c1-3-12-13(9-14(12)18-4-2)10-5-7-11(8-6-10)21(19,20)15(16)17/h5-8,12-15,18H,3-4,9H2,1-2H3. The molecule has 21 heavy (non-hydrogen) atoms. The molecule has 1 aliphatic carbocycles. The highest BCUT2D eigenvalue weighted by molar-refractivity contribution is 7.91.